The lowest BCUT2D eigenvalue weighted by Crippen LogP contribution is -2.66. The van der Waals surface area contributed by atoms with Crippen molar-refractivity contribution in [2.75, 3.05) is 33.8 Å². The summed E-state index contributed by atoms with van der Waals surface area (Å²) in [6.45, 7) is 0. The molecule has 1 heterocycles. The van der Waals surface area contributed by atoms with E-state index in [0.29, 0.717) is 45.6 Å². The van der Waals surface area contributed by atoms with E-state index in [0.717, 1.165) is 0 Å². The minimum Gasteiger partial charge on any atom is -0.495 e. The first-order valence-corrected chi connectivity index (χ1v) is 10.6. The second-order valence-electron chi connectivity index (χ2n) is 7.52. The third-order valence-electron chi connectivity index (χ3n) is 5.31. The van der Waals surface area contributed by atoms with E-state index < -0.39 is 11.9 Å². The number of rotatable bonds is 11. The van der Waals surface area contributed by atoms with Gasteiger partial charge in [0.05, 0.1) is 51.7 Å². The van der Waals surface area contributed by atoms with E-state index in [2.05, 4.69) is 21.4 Å². The highest BCUT2D eigenvalue weighted by molar-refractivity contribution is 5.96. The van der Waals surface area contributed by atoms with Crippen molar-refractivity contribution in [2.24, 2.45) is 5.73 Å². The number of carbonyl (C=O) groups is 2. The van der Waals surface area contributed by atoms with Crippen LogP contribution in [0.4, 0.5) is 5.69 Å². The molecule has 0 aliphatic rings. The third kappa shape index (κ3) is 5.61. The average molecular weight is 486 g/mol. The van der Waals surface area contributed by atoms with Crippen molar-refractivity contribution < 1.29 is 34.3 Å². The van der Waals surface area contributed by atoms with Crippen LogP contribution in [0.25, 0.3) is 16.9 Å². The molecule has 2 amide bonds. The van der Waals surface area contributed by atoms with Gasteiger partial charge in [-0.05, 0) is 18.2 Å². The molecule has 0 saturated carbocycles. The lowest BCUT2D eigenvalue weighted by Gasteiger charge is -2.16. The Morgan fingerprint density at radius 3 is 2.26 bits per heavy atom. The zero-order valence-electron chi connectivity index (χ0n) is 20.0. The molecule has 3 rings (SSSR count). The predicted octanol–water partition coefficient (Wildman–Crippen LogP) is 0.783. The topological polar surface area (TPSA) is 167 Å². The molecule has 1 aromatic heterocycles. The maximum absolute atomic E-state index is 12.6. The Kier molecular flexibility index (Phi) is 8.10. The van der Waals surface area contributed by atoms with Gasteiger partial charge in [-0.1, -0.05) is 5.21 Å². The Balaban J connectivity index is 1.98. The Hall–Kier alpha value is -4.32. The summed E-state index contributed by atoms with van der Waals surface area (Å²) < 4.78 is 23.3. The van der Waals surface area contributed by atoms with Crippen LogP contribution in [-0.2, 0) is 9.59 Å². The summed E-state index contributed by atoms with van der Waals surface area (Å²) in [6, 6.07) is 8.11. The maximum Gasteiger partial charge on any atom is 0.282 e. The monoisotopic (exact) mass is 485 g/mol. The van der Waals surface area contributed by atoms with Crippen LogP contribution in [0.5, 0.6) is 23.0 Å². The van der Waals surface area contributed by atoms with Gasteiger partial charge in [-0.3, -0.25) is 9.59 Å². The molecule has 0 aliphatic carbocycles. The maximum atomic E-state index is 12.6. The van der Waals surface area contributed by atoms with Gasteiger partial charge in [0.1, 0.15) is 5.75 Å². The number of carbonyl (C=O) groups excluding carboxylic acids is 2. The summed E-state index contributed by atoms with van der Waals surface area (Å²) in [6.07, 6.45) is 1.90. The van der Waals surface area contributed by atoms with Crippen LogP contribution in [-0.4, -0.2) is 61.3 Å². The van der Waals surface area contributed by atoms with Crippen LogP contribution in [0.3, 0.4) is 0 Å². The summed E-state index contributed by atoms with van der Waals surface area (Å²) in [5, 5.41) is 11.1. The molecular formula is C23H29N6O6+. The minimum absolute atomic E-state index is 0.0679. The van der Waals surface area contributed by atoms with Crippen LogP contribution in [0, 0.1) is 0 Å². The van der Waals surface area contributed by atoms with Crippen molar-refractivity contribution in [3.05, 3.63) is 36.5 Å². The number of aromatic nitrogens is 3. The lowest BCUT2D eigenvalue weighted by atomic mass is 10.1. The number of benzene rings is 2. The van der Waals surface area contributed by atoms with E-state index in [4.69, 9.17) is 24.7 Å². The second kappa shape index (κ2) is 11.2. The number of primary amides is 1. The molecule has 0 saturated heterocycles. The standard InChI is InChI=1S/C23H28N6O6/c1-32-18-7-5-13(9-16(18)27-23(31)15(24)6-8-21(25)30)17-12-26-28-29(17)14-10-19(33-2)22(35-4)20(11-14)34-3/h5,7,9-12,15H,6,8,24H2,1-4H3,(H2,25,30)(H,27,31)/p+1. The number of anilines is 1. The Morgan fingerprint density at radius 1 is 1.03 bits per heavy atom. The number of hydrogen-bond acceptors (Lipinski definition) is 8. The molecule has 12 heteroatoms. The Morgan fingerprint density at radius 2 is 1.69 bits per heavy atom. The molecule has 6 N–H and O–H groups in total. The van der Waals surface area contributed by atoms with Crippen molar-refractivity contribution in [3.8, 4) is 39.9 Å². The van der Waals surface area contributed by atoms with E-state index in [1.54, 1.807) is 35.1 Å². The average Bonchev–Trinajstić information content (AvgIpc) is 3.36. The summed E-state index contributed by atoms with van der Waals surface area (Å²) in [4.78, 5) is 23.7. The summed E-state index contributed by atoms with van der Waals surface area (Å²) in [5.74, 6) is 0.980. The molecule has 0 radical (unpaired) electrons. The lowest BCUT2D eigenvalue weighted by molar-refractivity contribution is -0.403. The van der Waals surface area contributed by atoms with Gasteiger partial charge in [-0.25, -0.2) is 4.68 Å². The molecule has 12 nitrogen and oxygen atoms in total. The highest BCUT2D eigenvalue weighted by Crippen LogP contribution is 2.40. The first-order valence-electron chi connectivity index (χ1n) is 10.6. The molecule has 1 atom stereocenters. The third-order valence-corrected chi connectivity index (χ3v) is 5.31. The molecule has 3 aromatic rings. The van der Waals surface area contributed by atoms with Crippen LogP contribution in [0.15, 0.2) is 36.5 Å². The van der Waals surface area contributed by atoms with Crippen LogP contribution >= 0.6 is 0 Å². The van der Waals surface area contributed by atoms with Gasteiger partial charge in [-0.2, -0.15) is 0 Å². The smallest absolute Gasteiger partial charge is 0.282 e. The summed E-state index contributed by atoms with van der Waals surface area (Å²) in [5.41, 5.74) is 11.4. The quantitative estimate of drug-likeness (QED) is 0.358. The number of nitrogens with two attached hydrogens (primary N) is 1. The number of nitrogens with one attached hydrogen (secondary N) is 1. The molecule has 0 bridgehead atoms. The molecule has 0 fully saturated rings. The zero-order chi connectivity index (χ0) is 25.5. The largest absolute Gasteiger partial charge is 0.495 e. The fourth-order valence-corrected chi connectivity index (χ4v) is 3.46. The minimum atomic E-state index is -0.665. The van der Waals surface area contributed by atoms with E-state index in [1.165, 1.54) is 28.4 Å². The fourth-order valence-electron chi connectivity index (χ4n) is 3.46. The molecular weight excluding hydrogens is 456 g/mol. The highest BCUT2D eigenvalue weighted by atomic mass is 16.5. The predicted molar refractivity (Wildman–Crippen MR) is 127 cm³/mol. The van der Waals surface area contributed by atoms with E-state index in [-0.39, 0.29) is 18.7 Å². The van der Waals surface area contributed by atoms with Crippen LogP contribution in [0.1, 0.15) is 12.8 Å². The van der Waals surface area contributed by atoms with Gasteiger partial charge in [-0.15, -0.1) is 5.10 Å². The summed E-state index contributed by atoms with van der Waals surface area (Å²) >= 11 is 0. The van der Waals surface area contributed by atoms with Gasteiger partial charge in [0.25, 0.3) is 5.91 Å². The second-order valence-corrected chi connectivity index (χ2v) is 7.52. The number of quaternary nitrogens is 1. The number of methoxy groups -OCH3 is 4. The molecule has 186 valence electrons. The number of ether oxygens (including phenoxy) is 4. The molecule has 35 heavy (non-hydrogen) atoms. The van der Waals surface area contributed by atoms with Gasteiger partial charge in [0.15, 0.2) is 17.5 Å². The number of nitrogens with zero attached hydrogens (tertiary/aromatic N) is 3. The van der Waals surface area contributed by atoms with Crippen molar-refractivity contribution in [2.45, 2.75) is 18.9 Å². The number of hydrogen-bond donors (Lipinski definition) is 3. The fraction of sp³-hybridized carbons (Fsp3) is 0.304. The Labute approximate surface area is 202 Å². The van der Waals surface area contributed by atoms with Gasteiger partial charge in [0, 0.05) is 30.5 Å². The normalized spacial score (nSPS) is 11.5. The van der Waals surface area contributed by atoms with Gasteiger partial charge in [0.2, 0.25) is 11.7 Å². The SMILES string of the molecule is COc1ccc(-c2cnnn2-c2cc(OC)c(OC)c(OC)c2)cc1NC(=O)C([NH3+])CCC(N)=O. The highest BCUT2D eigenvalue weighted by Gasteiger charge is 2.21. The zero-order valence-corrected chi connectivity index (χ0v) is 20.0. The molecule has 0 aliphatic heterocycles. The van der Waals surface area contributed by atoms with Crippen LogP contribution in [0.2, 0.25) is 0 Å². The van der Waals surface area contributed by atoms with E-state index in [9.17, 15) is 9.59 Å². The van der Waals surface area contributed by atoms with Crippen molar-refractivity contribution in [3.63, 3.8) is 0 Å². The molecule has 0 spiro atoms. The first kappa shape index (κ1) is 25.3. The molecule has 1 unspecified atom stereocenters. The van der Waals surface area contributed by atoms with E-state index in [1.807, 2.05) is 6.07 Å². The van der Waals surface area contributed by atoms with Crippen molar-refractivity contribution >= 4 is 17.5 Å². The van der Waals surface area contributed by atoms with Gasteiger partial charge < -0.3 is 35.7 Å². The summed E-state index contributed by atoms with van der Waals surface area (Å²) in [7, 11) is 6.08. The van der Waals surface area contributed by atoms with Crippen molar-refractivity contribution in [1.82, 2.24) is 15.0 Å². The van der Waals surface area contributed by atoms with Gasteiger partial charge >= 0.3 is 0 Å². The first-order chi connectivity index (χ1) is 16.8. The van der Waals surface area contributed by atoms with Crippen molar-refractivity contribution in [1.29, 1.82) is 0 Å². The van der Waals surface area contributed by atoms with E-state index >= 15 is 0 Å². The number of amides is 2. The van der Waals surface area contributed by atoms with Crippen LogP contribution < -0.4 is 35.7 Å². The molecule has 2 aromatic carbocycles. The Bertz CT molecular complexity index is 1190.